The Balaban J connectivity index is 1.52. The van der Waals surface area contributed by atoms with Crippen molar-refractivity contribution in [2.45, 2.75) is 39.2 Å². The maximum absolute atomic E-state index is 12.7. The Labute approximate surface area is 158 Å². The molecular weight excluding hydrogens is 354 g/mol. The van der Waals surface area contributed by atoms with Gasteiger partial charge in [0.1, 0.15) is 0 Å². The van der Waals surface area contributed by atoms with Crippen LogP contribution in [0.15, 0.2) is 0 Å². The molecule has 26 heavy (non-hydrogen) atoms. The van der Waals surface area contributed by atoms with Crippen molar-refractivity contribution in [1.29, 1.82) is 0 Å². The molecule has 1 N–H and O–H groups in total. The van der Waals surface area contributed by atoms with Gasteiger partial charge in [0.05, 0.1) is 36.2 Å². The first-order chi connectivity index (χ1) is 12.6. The second-order valence-electron chi connectivity index (χ2n) is 7.12. The molecule has 144 valence electrons. The third-order valence-electron chi connectivity index (χ3n) is 4.91. The lowest BCUT2D eigenvalue weighted by molar-refractivity contribution is -0.141. The fraction of sp³-hybridized carbons (Fsp3) is 0.765. The highest BCUT2D eigenvalue weighted by molar-refractivity contribution is 7.05. The number of amides is 3. The van der Waals surface area contributed by atoms with Gasteiger partial charge in [-0.15, -0.1) is 5.10 Å². The van der Waals surface area contributed by atoms with E-state index >= 15 is 0 Å². The molecule has 0 bridgehead atoms. The number of urea groups is 1. The summed E-state index contributed by atoms with van der Waals surface area (Å²) in [5.41, 5.74) is 0.939. The summed E-state index contributed by atoms with van der Waals surface area (Å²) in [5, 5.41) is 7.10. The summed E-state index contributed by atoms with van der Waals surface area (Å²) in [7, 11) is 0. The van der Waals surface area contributed by atoms with Gasteiger partial charge in [-0.05, 0) is 30.3 Å². The number of likely N-dealkylation sites (tertiary alicyclic amines) is 1. The number of ether oxygens (including phenoxy) is 1. The summed E-state index contributed by atoms with van der Waals surface area (Å²) in [6.07, 6.45) is 1.70. The van der Waals surface area contributed by atoms with E-state index < -0.39 is 0 Å². The lowest BCUT2D eigenvalue weighted by Gasteiger charge is -2.36. The van der Waals surface area contributed by atoms with Gasteiger partial charge in [0, 0.05) is 26.2 Å². The normalized spacial score (nSPS) is 21.1. The minimum Gasteiger partial charge on any atom is -0.378 e. The molecular formula is C17H27N5O3S. The van der Waals surface area contributed by atoms with E-state index in [4.69, 9.17) is 4.74 Å². The minimum atomic E-state index is -0.118. The molecule has 0 aliphatic carbocycles. The molecule has 2 aliphatic rings. The minimum absolute atomic E-state index is 0.108. The second kappa shape index (κ2) is 8.77. The molecule has 0 saturated carbocycles. The number of nitrogens with one attached hydrogen (secondary N) is 1. The first-order valence-corrected chi connectivity index (χ1v) is 10.0. The van der Waals surface area contributed by atoms with Gasteiger partial charge in [-0.1, -0.05) is 18.3 Å². The quantitative estimate of drug-likeness (QED) is 0.853. The highest BCUT2D eigenvalue weighted by Crippen LogP contribution is 2.21. The number of hydrogen-bond donors (Lipinski definition) is 1. The summed E-state index contributed by atoms with van der Waals surface area (Å²) in [5.74, 6) is 0.328. The first kappa shape index (κ1) is 19.0. The Bertz CT molecular complexity index is 630. The third kappa shape index (κ3) is 4.50. The van der Waals surface area contributed by atoms with Crippen molar-refractivity contribution in [3.63, 3.8) is 0 Å². The van der Waals surface area contributed by atoms with Crippen LogP contribution in [-0.2, 0) is 16.1 Å². The Morgan fingerprint density at radius 2 is 2.04 bits per heavy atom. The molecule has 1 atom stereocenters. The van der Waals surface area contributed by atoms with Gasteiger partial charge in [-0.2, -0.15) is 0 Å². The maximum atomic E-state index is 12.7. The van der Waals surface area contributed by atoms with Crippen LogP contribution in [0.1, 0.15) is 43.2 Å². The highest BCUT2D eigenvalue weighted by atomic mass is 32.1. The molecule has 1 aromatic heterocycles. The number of rotatable bonds is 4. The molecule has 0 unspecified atom stereocenters. The van der Waals surface area contributed by atoms with Crippen LogP contribution < -0.4 is 5.32 Å². The van der Waals surface area contributed by atoms with Crippen molar-refractivity contribution >= 4 is 23.5 Å². The van der Waals surface area contributed by atoms with Crippen molar-refractivity contribution in [2.75, 3.05) is 39.4 Å². The van der Waals surface area contributed by atoms with Crippen molar-refractivity contribution in [1.82, 2.24) is 24.7 Å². The van der Waals surface area contributed by atoms with Gasteiger partial charge in [0.25, 0.3) is 0 Å². The van der Waals surface area contributed by atoms with Crippen LogP contribution in [0.2, 0.25) is 0 Å². The number of morpholine rings is 1. The van der Waals surface area contributed by atoms with E-state index in [0.29, 0.717) is 45.9 Å². The molecule has 3 rings (SSSR count). The first-order valence-electron chi connectivity index (χ1n) is 9.26. The van der Waals surface area contributed by atoms with E-state index in [1.54, 1.807) is 4.90 Å². The van der Waals surface area contributed by atoms with Gasteiger partial charge < -0.3 is 19.9 Å². The Kier molecular flexibility index (Phi) is 6.42. The zero-order valence-corrected chi connectivity index (χ0v) is 16.3. The average Bonchev–Trinajstić information content (AvgIpc) is 3.15. The average molecular weight is 382 g/mol. The number of carbonyl (C=O) groups is 2. The summed E-state index contributed by atoms with van der Waals surface area (Å²) >= 11 is 1.32. The molecule has 0 radical (unpaired) electrons. The largest absolute Gasteiger partial charge is 0.378 e. The number of piperidine rings is 1. The zero-order chi connectivity index (χ0) is 18.5. The Hall–Kier alpha value is -1.74. The standard InChI is InChI=1S/C17H27N5O3S/c1-12(2)15-14(26-20-19-15)10-18-17(24)22-5-3-4-13(11-22)16(23)21-6-8-25-9-7-21/h12-13H,3-11H2,1-2H3,(H,18,24)/t13-/m0/s1. The molecule has 9 heteroatoms. The van der Waals surface area contributed by atoms with Crippen LogP contribution in [0.5, 0.6) is 0 Å². The Morgan fingerprint density at radius 3 is 2.77 bits per heavy atom. The number of nitrogens with zero attached hydrogens (tertiary/aromatic N) is 4. The SMILES string of the molecule is CC(C)c1nnsc1CNC(=O)N1CCC[C@H](C(=O)N2CCOCC2)C1. The second-order valence-corrected chi connectivity index (χ2v) is 7.96. The number of hydrogen-bond acceptors (Lipinski definition) is 6. The molecule has 0 spiro atoms. The van der Waals surface area contributed by atoms with Gasteiger partial charge in [-0.25, -0.2) is 4.79 Å². The lowest BCUT2D eigenvalue weighted by atomic mass is 9.96. The van der Waals surface area contributed by atoms with Crippen molar-refractivity contribution in [3.05, 3.63) is 10.6 Å². The van der Waals surface area contributed by atoms with Crippen LogP contribution in [0.4, 0.5) is 4.79 Å². The predicted octanol–water partition coefficient (Wildman–Crippen LogP) is 1.44. The number of carbonyl (C=O) groups excluding carboxylic acids is 2. The van der Waals surface area contributed by atoms with E-state index in [1.807, 2.05) is 4.90 Å². The molecule has 1 aromatic rings. The monoisotopic (exact) mass is 381 g/mol. The zero-order valence-electron chi connectivity index (χ0n) is 15.4. The summed E-state index contributed by atoms with van der Waals surface area (Å²) in [4.78, 5) is 29.9. The fourth-order valence-corrected chi connectivity index (χ4v) is 4.18. The molecule has 3 heterocycles. The summed E-state index contributed by atoms with van der Waals surface area (Å²) in [6, 6.07) is -0.118. The van der Waals surface area contributed by atoms with Gasteiger partial charge in [-0.3, -0.25) is 4.79 Å². The highest BCUT2D eigenvalue weighted by Gasteiger charge is 2.31. The molecule has 8 nitrogen and oxygen atoms in total. The van der Waals surface area contributed by atoms with E-state index in [-0.39, 0.29) is 23.8 Å². The van der Waals surface area contributed by atoms with E-state index in [1.165, 1.54) is 11.5 Å². The van der Waals surface area contributed by atoms with Crippen LogP contribution in [0.25, 0.3) is 0 Å². The van der Waals surface area contributed by atoms with Crippen LogP contribution in [0, 0.1) is 5.92 Å². The van der Waals surface area contributed by atoms with Crippen molar-refractivity contribution < 1.29 is 14.3 Å². The van der Waals surface area contributed by atoms with Gasteiger partial charge in [0.2, 0.25) is 5.91 Å². The van der Waals surface area contributed by atoms with E-state index in [9.17, 15) is 9.59 Å². The molecule has 0 aromatic carbocycles. The van der Waals surface area contributed by atoms with Gasteiger partial charge >= 0.3 is 6.03 Å². The summed E-state index contributed by atoms with van der Waals surface area (Å²) < 4.78 is 9.30. The van der Waals surface area contributed by atoms with Crippen molar-refractivity contribution in [3.8, 4) is 0 Å². The topological polar surface area (TPSA) is 87.7 Å². The fourth-order valence-electron chi connectivity index (χ4n) is 3.45. The van der Waals surface area contributed by atoms with E-state index in [0.717, 1.165) is 23.4 Å². The molecule has 2 fully saturated rings. The molecule has 3 amide bonds. The maximum Gasteiger partial charge on any atom is 0.317 e. The smallest absolute Gasteiger partial charge is 0.317 e. The van der Waals surface area contributed by atoms with Gasteiger partial charge in [0.15, 0.2) is 0 Å². The van der Waals surface area contributed by atoms with Crippen LogP contribution in [-0.4, -0.2) is 70.7 Å². The Morgan fingerprint density at radius 1 is 1.27 bits per heavy atom. The van der Waals surface area contributed by atoms with Crippen molar-refractivity contribution in [2.24, 2.45) is 5.92 Å². The van der Waals surface area contributed by atoms with Crippen LogP contribution in [0.3, 0.4) is 0 Å². The lowest BCUT2D eigenvalue weighted by Crippen LogP contribution is -2.51. The molecule has 2 saturated heterocycles. The van der Waals surface area contributed by atoms with Crippen LogP contribution >= 0.6 is 11.5 Å². The third-order valence-corrected chi connectivity index (χ3v) is 5.65. The predicted molar refractivity (Wildman–Crippen MR) is 97.9 cm³/mol. The molecule has 2 aliphatic heterocycles. The van der Waals surface area contributed by atoms with E-state index in [2.05, 4.69) is 28.8 Å². The summed E-state index contributed by atoms with van der Waals surface area (Å²) in [6.45, 7) is 8.24. The number of aromatic nitrogens is 2.